The molecular weight excluding hydrogens is 340 g/mol. The van der Waals surface area contributed by atoms with E-state index < -0.39 is 0 Å². The van der Waals surface area contributed by atoms with Crippen LogP contribution in [0.25, 0.3) is 28.2 Å². The number of aryl methyl sites for hydroxylation is 1. The van der Waals surface area contributed by atoms with E-state index in [0.29, 0.717) is 6.54 Å². The molecule has 4 aromatic rings. The molecule has 0 saturated heterocycles. The maximum absolute atomic E-state index is 11.7. The second-order valence-electron chi connectivity index (χ2n) is 6.26. The minimum atomic E-state index is -0.217. The van der Waals surface area contributed by atoms with Gasteiger partial charge in [-0.2, -0.15) is 0 Å². The molecular formula is C21H20N4O2. The number of imidazole rings is 1. The van der Waals surface area contributed by atoms with E-state index in [-0.39, 0.29) is 6.03 Å². The molecule has 0 aliphatic heterocycles. The molecule has 6 nitrogen and oxygen atoms in total. The van der Waals surface area contributed by atoms with Gasteiger partial charge in [-0.25, -0.2) is 9.78 Å². The number of amides is 2. The predicted octanol–water partition coefficient (Wildman–Crippen LogP) is 4.71. The number of urea groups is 1. The summed E-state index contributed by atoms with van der Waals surface area (Å²) in [6.07, 6.45) is 3.81. The number of fused-ring (bicyclic) bond motifs is 1. The third-order valence-corrected chi connectivity index (χ3v) is 4.29. The fourth-order valence-corrected chi connectivity index (χ4v) is 3.03. The highest BCUT2D eigenvalue weighted by atomic mass is 16.3. The van der Waals surface area contributed by atoms with Crippen LogP contribution in [0.1, 0.15) is 12.7 Å². The van der Waals surface area contributed by atoms with E-state index in [1.54, 1.807) is 0 Å². The standard InChI is InChI=1S/C21H20N4O2/c1-3-22-21(26)24-17-6-4-5-15(11-17)18-13-23-20-12-16(9-10-25(18)20)19-8-7-14(2)27-19/h4-13H,3H2,1-2H3,(H2,22,24,26). The molecule has 3 aromatic heterocycles. The number of furan rings is 1. The van der Waals surface area contributed by atoms with E-state index in [0.717, 1.165) is 39.7 Å². The molecule has 136 valence electrons. The molecule has 1 aromatic carbocycles. The van der Waals surface area contributed by atoms with Crippen LogP contribution in [-0.4, -0.2) is 22.0 Å². The molecule has 0 unspecified atom stereocenters. The molecule has 0 aliphatic rings. The van der Waals surface area contributed by atoms with Crippen LogP contribution in [0.5, 0.6) is 0 Å². The predicted molar refractivity (Wildman–Crippen MR) is 106 cm³/mol. The first kappa shape index (κ1) is 16.9. The molecule has 0 fully saturated rings. The van der Waals surface area contributed by atoms with Gasteiger partial charge < -0.3 is 15.1 Å². The minimum absolute atomic E-state index is 0.217. The fraction of sp³-hybridized carbons (Fsp3) is 0.143. The fourth-order valence-electron chi connectivity index (χ4n) is 3.03. The summed E-state index contributed by atoms with van der Waals surface area (Å²) in [5.41, 5.74) is 4.47. The van der Waals surface area contributed by atoms with Crippen molar-refractivity contribution in [3.63, 3.8) is 0 Å². The Bertz CT molecular complexity index is 1110. The van der Waals surface area contributed by atoms with Crippen LogP contribution in [-0.2, 0) is 0 Å². The van der Waals surface area contributed by atoms with Crippen molar-refractivity contribution in [2.24, 2.45) is 0 Å². The van der Waals surface area contributed by atoms with Gasteiger partial charge in [-0.05, 0) is 50.2 Å². The molecule has 4 rings (SSSR count). The number of carbonyl (C=O) groups excluding carboxylic acids is 1. The smallest absolute Gasteiger partial charge is 0.319 e. The Hall–Kier alpha value is -3.54. The van der Waals surface area contributed by atoms with Gasteiger partial charge in [0.15, 0.2) is 0 Å². The van der Waals surface area contributed by atoms with Crippen LogP contribution < -0.4 is 10.6 Å². The second kappa shape index (κ2) is 6.99. The van der Waals surface area contributed by atoms with Gasteiger partial charge in [0.1, 0.15) is 17.2 Å². The Kier molecular flexibility index (Phi) is 4.38. The van der Waals surface area contributed by atoms with Gasteiger partial charge >= 0.3 is 6.03 Å². The average Bonchev–Trinajstić information content (AvgIpc) is 3.27. The third-order valence-electron chi connectivity index (χ3n) is 4.29. The number of nitrogens with one attached hydrogen (secondary N) is 2. The maximum atomic E-state index is 11.7. The van der Waals surface area contributed by atoms with Crippen molar-refractivity contribution in [3.05, 3.63) is 66.7 Å². The molecule has 0 atom stereocenters. The first-order chi connectivity index (χ1) is 13.1. The second-order valence-corrected chi connectivity index (χ2v) is 6.26. The lowest BCUT2D eigenvalue weighted by molar-refractivity contribution is 0.252. The van der Waals surface area contributed by atoms with Gasteiger partial charge in [-0.3, -0.25) is 4.40 Å². The summed E-state index contributed by atoms with van der Waals surface area (Å²) >= 11 is 0. The Labute approximate surface area is 156 Å². The molecule has 3 heterocycles. The number of pyridine rings is 1. The number of rotatable bonds is 4. The van der Waals surface area contributed by atoms with Gasteiger partial charge in [-0.1, -0.05) is 12.1 Å². The van der Waals surface area contributed by atoms with E-state index >= 15 is 0 Å². The summed E-state index contributed by atoms with van der Waals surface area (Å²) in [7, 11) is 0. The Morgan fingerprint density at radius 2 is 2.04 bits per heavy atom. The van der Waals surface area contributed by atoms with Crippen molar-refractivity contribution < 1.29 is 9.21 Å². The largest absolute Gasteiger partial charge is 0.461 e. The molecule has 2 amide bonds. The lowest BCUT2D eigenvalue weighted by atomic mass is 10.1. The SMILES string of the molecule is CCNC(=O)Nc1cccc(-c2cnc3cc(-c4ccc(C)o4)ccn23)c1. The maximum Gasteiger partial charge on any atom is 0.319 e. The zero-order valence-corrected chi connectivity index (χ0v) is 15.2. The summed E-state index contributed by atoms with van der Waals surface area (Å²) in [5.74, 6) is 1.71. The highest BCUT2D eigenvalue weighted by Crippen LogP contribution is 2.27. The molecule has 27 heavy (non-hydrogen) atoms. The van der Waals surface area contributed by atoms with Crippen LogP contribution in [0.2, 0.25) is 0 Å². The summed E-state index contributed by atoms with van der Waals surface area (Å²) in [6.45, 7) is 4.39. The number of aromatic nitrogens is 2. The van der Waals surface area contributed by atoms with Crippen molar-refractivity contribution in [2.45, 2.75) is 13.8 Å². The van der Waals surface area contributed by atoms with Gasteiger partial charge in [0.2, 0.25) is 0 Å². The van der Waals surface area contributed by atoms with Gasteiger partial charge in [0.05, 0.1) is 11.9 Å². The summed E-state index contributed by atoms with van der Waals surface area (Å²) in [4.78, 5) is 16.3. The number of carbonyl (C=O) groups is 1. The van der Waals surface area contributed by atoms with E-state index in [2.05, 4.69) is 15.6 Å². The Morgan fingerprint density at radius 1 is 1.15 bits per heavy atom. The minimum Gasteiger partial charge on any atom is -0.461 e. The summed E-state index contributed by atoms with van der Waals surface area (Å²) in [6, 6.07) is 15.4. The zero-order valence-electron chi connectivity index (χ0n) is 15.2. The normalized spacial score (nSPS) is 10.9. The van der Waals surface area contributed by atoms with E-state index in [1.807, 2.05) is 79.2 Å². The van der Waals surface area contributed by atoms with Crippen LogP contribution in [0.3, 0.4) is 0 Å². The molecule has 0 aliphatic carbocycles. The number of anilines is 1. The molecule has 2 N–H and O–H groups in total. The molecule has 6 heteroatoms. The average molecular weight is 360 g/mol. The monoisotopic (exact) mass is 360 g/mol. The van der Waals surface area contributed by atoms with Crippen molar-refractivity contribution in [1.29, 1.82) is 0 Å². The van der Waals surface area contributed by atoms with E-state index in [4.69, 9.17) is 4.42 Å². The Balaban J connectivity index is 1.67. The highest BCUT2D eigenvalue weighted by molar-refractivity contribution is 5.90. The Morgan fingerprint density at radius 3 is 2.81 bits per heavy atom. The van der Waals surface area contributed by atoms with Crippen LogP contribution in [0.15, 0.2) is 65.3 Å². The number of nitrogens with zero attached hydrogens (tertiary/aromatic N) is 2. The molecule has 0 bridgehead atoms. The van der Waals surface area contributed by atoms with E-state index in [1.165, 1.54) is 0 Å². The van der Waals surface area contributed by atoms with Gasteiger partial charge in [0.25, 0.3) is 0 Å². The number of hydrogen-bond donors (Lipinski definition) is 2. The van der Waals surface area contributed by atoms with Crippen LogP contribution in [0.4, 0.5) is 10.5 Å². The lowest BCUT2D eigenvalue weighted by Gasteiger charge is -2.08. The molecule has 0 saturated carbocycles. The van der Waals surface area contributed by atoms with Gasteiger partial charge in [0, 0.05) is 29.6 Å². The third kappa shape index (κ3) is 3.42. The van der Waals surface area contributed by atoms with Crippen molar-refractivity contribution >= 4 is 17.4 Å². The summed E-state index contributed by atoms with van der Waals surface area (Å²) < 4.78 is 7.72. The molecule has 0 spiro atoms. The first-order valence-corrected chi connectivity index (χ1v) is 8.83. The van der Waals surface area contributed by atoms with Crippen LogP contribution in [0, 0.1) is 6.92 Å². The summed E-state index contributed by atoms with van der Waals surface area (Å²) in [5, 5.41) is 5.56. The van der Waals surface area contributed by atoms with Crippen molar-refractivity contribution in [2.75, 3.05) is 11.9 Å². The van der Waals surface area contributed by atoms with Gasteiger partial charge in [-0.15, -0.1) is 0 Å². The lowest BCUT2D eigenvalue weighted by Crippen LogP contribution is -2.28. The van der Waals surface area contributed by atoms with Crippen molar-refractivity contribution in [1.82, 2.24) is 14.7 Å². The van der Waals surface area contributed by atoms with Crippen LogP contribution >= 0.6 is 0 Å². The van der Waals surface area contributed by atoms with E-state index in [9.17, 15) is 4.79 Å². The van der Waals surface area contributed by atoms with Crippen molar-refractivity contribution in [3.8, 4) is 22.6 Å². The zero-order chi connectivity index (χ0) is 18.8. The number of benzene rings is 1. The first-order valence-electron chi connectivity index (χ1n) is 8.83. The topological polar surface area (TPSA) is 71.6 Å². The number of hydrogen-bond acceptors (Lipinski definition) is 3. The quantitative estimate of drug-likeness (QED) is 0.553. The highest BCUT2D eigenvalue weighted by Gasteiger charge is 2.10. The molecule has 0 radical (unpaired) electrons.